The van der Waals surface area contributed by atoms with Crippen molar-refractivity contribution < 1.29 is 4.79 Å². The molecular formula is C16H20N2O. The number of benzene rings is 1. The summed E-state index contributed by atoms with van der Waals surface area (Å²) in [4.78, 5) is 14.8. The van der Waals surface area contributed by atoms with Crippen LogP contribution in [0.3, 0.4) is 0 Å². The van der Waals surface area contributed by atoms with Gasteiger partial charge in [0.2, 0.25) is 5.91 Å². The zero-order valence-electron chi connectivity index (χ0n) is 11.1. The lowest BCUT2D eigenvalue weighted by atomic mass is 9.97. The second kappa shape index (κ2) is 4.26. The second-order valence-electron chi connectivity index (χ2n) is 6.22. The SMILES string of the molecule is O=C(C1CCc2ccccc2N1)N1CC2CCC1C2. The van der Waals surface area contributed by atoms with Crippen LogP contribution in [0, 0.1) is 5.92 Å². The molecule has 1 N–H and O–H groups in total. The van der Waals surface area contributed by atoms with E-state index in [0.717, 1.165) is 31.0 Å². The van der Waals surface area contributed by atoms with E-state index in [-0.39, 0.29) is 6.04 Å². The smallest absolute Gasteiger partial charge is 0.245 e. The van der Waals surface area contributed by atoms with Gasteiger partial charge in [-0.1, -0.05) is 18.2 Å². The lowest BCUT2D eigenvalue weighted by Crippen LogP contribution is -2.47. The maximum Gasteiger partial charge on any atom is 0.245 e. The fourth-order valence-corrected chi connectivity index (χ4v) is 4.02. The standard InChI is InChI=1S/C16H20N2O/c19-16(18-10-11-5-7-13(18)9-11)15-8-6-12-3-1-2-4-14(12)17-15/h1-4,11,13,15,17H,5-10H2. The lowest BCUT2D eigenvalue weighted by molar-refractivity contribution is -0.133. The highest BCUT2D eigenvalue weighted by molar-refractivity contribution is 5.86. The largest absolute Gasteiger partial charge is 0.373 e. The lowest BCUT2D eigenvalue weighted by Gasteiger charge is -2.33. The molecule has 3 unspecified atom stereocenters. The van der Waals surface area contributed by atoms with Gasteiger partial charge in [-0.2, -0.15) is 0 Å². The minimum Gasteiger partial charge on any atom is -0.373 e. The Labute approximate surface area is 114 Å². The highest BCUT2D eigenvalue weighted by atomic mass is 16.2. The molecule has 3 atom stereocenters. The molecule has 0 spiro atoms. The molecular weight excluding hydrogens is 236 g/mol. The van der Waals surface area contributed by atoms with Crippen molar-refractivity contribution in [1.29, 1.82) is 0 Å². The first-order valence-corrected chi connectivity index (χ1v) is 7.46. The third kappa shape index (κ3) is 1.83. The molecule has 3 heteroatoms. The summed E-state index contributed by atoms with van der Waals surface area (Å²) in [5.41, 5.74) is 2.49. The van der Waals surface area contributed by atoms with Gasteiger partial charge in [-0.25, -0.2) is 0 Å². The molecule has 4 rings (SSSR count). The van der Waals surface area contributed by atoms with Gasteiger partial charge < -0.3 is 10.2 Å². The third-order valence-electron chi connectivity index (χ3n) is 5.04. The maximum atomic E-state index is 12.7. The van der Waals surface area contributed by atoms with Crippen LogP contribution in [0.25, 0.3) is 0 Å². The average Bonchev–Trinajstić information content (AvgIpc) is 3.08. The van der Waals surface area contributed by atoms with Crippen molar-refractivity contribution in [2.24, 2.45) is 5.92 Å². The highest BCUT2D eigenvalue weighted by Gasteiger charge is 2.42. The van der Waals surface area contributed by atoms with Gasteiger partial charge in [0.05, 0.1) is 0 Å². The van der Waals surface area contributed by atoms with Crippen molar-refractivity contribution in [2.45, 2.75) is 44.2 Å². The number of piperidine rings is 1. The normalized spacial score (nSPS) is 32.0. The predicted octanol–water partition coefficient (Wildman–Crippen LogP) is 2.42. The highest BCUT2D eigenvalue weighted by Crippen LogP contribution is 2.38. The van der Waals surface area contributed by atoms with Crippen LogP contribution in [0.2, 0.25) is 0 Å². The average molecular weight is 256 g/mol. The Morgan fingerprint density at radius 2 is 2.11 bits per heavy atom. The van der Waals surface area contributed by atoms with Gasteiger partial charge in [0.15, 0.2) is 0 Å². The Hall–Kier alpha value is -1.51. The van der Waals surface area contributed by atoms with Crippen molar-refractivity contribution in [1.82, 2.24) is 4.90 Å². The van der Waals surface area contributed by atoms with Crippen LogP contribution in [0.1, 0.15) is 31.2 Å². The first kappa shape index (κ1) is 11.3. The van der Waals surface area contributed by atoms with Gasteiger partial charge in [0, 0.05) is 18.3 Å². The molecule has 1 amide bonds. The number of nitrogens with zero attached hydrogens (tertiary/aromatic N) is 1. The second-order valence-corrected chi connectivity index (χ2v) is 6.22. The van der Waals surface area contributed by atoms with E-state index >= 15 is 0 Å². The van der Waals surface area contributed by atoms with Crippen molar-refractivity contribution in [3.8, 4) is 0 Å². The molecule has 0 radical (unpaired) electrons. The first-order valence-electron chi connectivity index (χ1n) is 7.46. The minimum absolute atomic E-state index is 0.00532. The molecule has 1 aromatic carbocycles. The van der Waals surface area contributed by atoms with Gasteiger partial charge in [-0.3, -0.25) is 4.79 Å². The molecule has 2 aliphatic heterocycles. The van der Waals surface area contributed by atoms with Gasteiger partial charge in [0.1, 0.15) is 6.04 Å². The Morgan fingerprint density at radius 1 is 1.21 bits per heavy atom. The summed E-state index contributed by atoms with van der Waals surface area (Å²) in [6.45, 7) is 1.00. The summed E-state index contributed by atoms with van der Waals surface area (Å²) < 4.78 is 0. The Morgan fingerprint density at radius 3 is 2.89 bits per heavy atom. The molecule has 1 saturated carbocycles. The van der Waals surface area contributed by atoms with E-state index < -0.39 is 0 Å². The summed E-state index contributed by atoms with van der Waals surface area (Å²) in [6, 6.07) is 8.88. The summed E-state index contributed by atoms with van der Waals surface area (Å²) in [5.74, 6) is 1.12. The van der Waals surface area contributed by atoms with Gasteiger partial charge in [-0.15, -0.1) is 0 Å². The number of amides is 1. The molecule has 100 valence electrons. The minimum atomic E-state index is -0.00532. The van der Waals surface area contributed by atoms with E-state index in [4.69, 9.17) is 0 Å². The Balaban J connectivity index is 1.50. The molecule has 1 aliphatic carbocycles. The summed E-state index contributed by atoms with van der Waals surface area (Å²) in [7, 11) is 0. The molecule has 2 bridgehead atoms. The van der Waals surface area contributed by atoms with E-state index in [1.54, 1.807) is 0 Å². The number of aryl methyl sites for hydroxylation is 1. The third-order valence-corrected chi connectivity index (χ3v) is 5.04. The van der Waals surface area contributed by atoms with E-state index in [0.29, 0.717) is 11.9 Å². The van der Waals surface area contributed by atoms with Crippen molar-refractivity contribution in [2.75, 3.05) is 11.9 Å². The summed E-state index contributed by atoms with van der Waals surface area (Å²) in [5, 5.41) is 3.44. The van der Waals surface area contributed by atoms with E-state index in [1.165, 1.54) is 24.8 Å². The molecule has 1 aromatic rings. The summed E-state index contributed by atoms with van der Waals surface area (Å²) in [6.07, 6.45) is 5.75. The zero-order chi connectivity index (χ0) is 12.8. The summed E-state index contributed by atoms with van der Waals surface area (Å²) >= 11 is 0. The van der Waals surface area contributed by atoms with E-state index in [9.17, 15) is 4.79 Å². The number of anilines is 1. The molecule has 1 saturated heterocycles. The van der Waals surface area contributed by atoms with Crippen LogP contribution in [-0.2, 0) is 11.2 Å². The van der Waals surface area contributed by atoms with Crippen LogP contribution in [0.5, 0.6) is 0 Å². The number of likely N-dealkylation sites (tertiary alicyclic amines) is 1. The molecule has 3 nitrogen and oxygen atoms in total. The molecule has 2 fully saturated rings. The number of nitrogens with one attached hydrogen (secondary N) is 1. The van der Waals surface area contributed by atoms with Crippen LogP contribution in [0.4, 0.5) is 5.69 Å². The Kier molecular flexibility index (Phi) is 2.54. The zero-order valence-corrected chi connectivity index (χ0v) is 11.1. The maximum absolute atomic E-state index is 12.7. The molecule has 19 heavy (non-hydrogen) atoms. The number of carbonyl (C=O) groups excluding carboxylic acids is 1. The number of rotatable bonds is 1. The molecule has 0 aromatic heterocycles. The number of hydrogen-bond donors (Lipinski definition) is 1. The van der Waals surface area contributed by atoms with E-state index in [1.807, 2.05) is 6.07 Å². The van der Waals surface area contributed by atoms with Crippen molar-refractivity contribution >= 4 is 11.6 Å². The van der Waals surface area contributed by atoms with Gasteiger partial charge in [-0.05, 0) is 49.7 Å². The predicted molar refractivity (Wildman–Crippen MR) is 75.0 cm³/mol. The fourth-order valence-electron chi connectivity index (χ4n) is 4.02. The van der Waals surface area contributed by atoms with Gasteiger partial charge >= 0.3 is 0 Å². The first-order chi connectivity index (χ1) is 9.31. The van der Waals surface area contributed by atoms with Crippen LogP contribution < -0.4 is 5.32 Å². The topological polar surface area (TPSA) is 32.3 Å². The number of hydrogen-bond acceptors (Lipinski definition) is 2. The number of fused-ring (bicyclic) bond motifs is 3. The number of para-hydroxylation sites is 1. The number of carbonyl (C=O) groups is 1. The van der Waals surface area contributed by atoms with E-state index in [2.05, 4.69) is 28.4 Å². The quantitative estimate of drug-likeness (QED) is 0.837. The fraction of sp³-hybridized carbons (Fsp3) is 0.562. The molecule has 2 heterocycles. The van der Waals surface area contributed by atoms with Crippen LogP contribution in [-0.4, -0.2) is 29.4 Å². The van der Waals surface area contributed by atoms with Crippen LogP contribution in [0.15, 0.2) is 24.3 Å². The molecule has 3 aliphatic rings. The monoisotopic (exact) mass is 256 g/mol. The van der Waals surface area contributed by atoms with Crippen LogP contribution >= 0.6 is 0 Å². The van der Waals surface area contributed by atoms with Gasteiger partial charge in [0.25, 0.3) is 0 Å². The van der Waals surface area contributed by atoms with Crippen molar-refractivity contribution in [3.63, 3.8) is 0 Å². The Bertz CT molecular complexity index is 513. The van der Waals surface area contributed by atoms with Crippen molar-refractivity contribution in [3.05, 3.63) is 29.8 Å².